The maximum Gasteiger partial charge on any atom is 0.253 e. The first kappa shape index (κ1) is 17.6. The minimum atomic E-state index is -2.25. The van der Waals surface area contributed by atoms with Crippen molar-refractivity contribution in [3.05, 3.63) is 93.4 Å². The van der Waals surface area contributed by atoms with Crippen LogP contribution in [0.2, 0.25) is 6.55 Å². The molecule has 3 rings (SSSR count). The van der Waals surface area contributed by atoms with E-state index in [0.717, 1.165) is 14.5 Å². The summed E-state index contributed by atoms with van der Waals surface area (Å²) < 4.78 is 8.70. The highest BCUT2D eigenvalue weighted by molar-refractivity contribution is 9.11. The summed E-state index contributed by atoms with van der Waals surface area (Å²) in [6, 6.07) is 27.4. The van der Waals surface area contributed by atoms with Crippen LogP contribution < -0.4 is 10.4 Å². The zero-order valence-corrected chi connectivity index (χ0v) is 17.5. The van der Waals surface area contributed by atoms with E-state index in [1.54, 1.807) is 0 Å². The molecule has 0 aromatic heterocycles. The largest absolute Gasteiger partial charge is 0.404 e. The molecule has 0 fully saturated rings. The Bertz CT molecular complexity index is 747. The van der Waals surface area contributed by atoms with Crippen molar-refractivity contribution in [3.8, 4) is 0 Å². The van der Waals surface area contributed by atoms with Crippen LogP contribution in [0.1, 0.15) is 5.56 Å². The van der Waals surface area contributed by atoms with E-state index in [0.29, 0.717) is 6.61 Å². The van der Waals surface area contributed by atoms with Crippen LogP contribution in [0.5, 0.6) is 0 Å². The average Bonchev–Trinajstić information content (AvgIpc) is 2.60. The van der Waals surface area contributed by atoms with E-state index in [1.165, 1.54) is 10.4 Å². The summed E-state index contributed by atoms with van der Waals surface area (Å²) >= 11 is 7.10. The lowest BCUT2D eigenvalue weighted by atomic mass is 10.2. The van der Waals surface area contributed by atoms with Crippen molar-refractivity contribution in [1.82, 2.24) is 0 Å². The van der Waals surface area contributed by atoms with Crippen LogP contribution in [0, 0.1) is 0 Å². The Morgan fingerprint density at radius 2 is 1.21 bits per heavy atom. The number of hydrogen-bond acceptors (Lipinski definition) is 1. The van der Waals surface area contributed by atoms with Crippen LogP contribution in [0.4, 0.5) is 0 Å². The van der Waals surface area contributed by atoms with Crippen LogP contribution >= 0.6 is 31.9 Å². The summed E-state index contributed by atoms with van der Waals surface area (Å²) in [4.78, 5) is 0. The predicted molar refractivity (Wildman–Crippen MR) is 110 cm³/mol. The highest BCUT2D eigenvalue weighted by Crippen LogP contribution is 2.21. The lowest BCUT2D eigenvalue weighted by Crippen LogP contribution is -2.58. The minimum absolute atomic E-state index is 0.588. The number of halogens is 2. The van der Waals surface area contributed by atoms with Gasteiger partial charge in [-0.3, -0.25) is 0 Å². The summed E-state index contributed by atoms with van der Waals surface area (Å²) in [5, 5.41) is 2.57. The molecule has 1 nitrogen and oxygen atoms in total. The molecule has 0 aliphatic heterocycles. The van der Waals surface area contributed by atoms with Crippen molar-refractivity contribution in [3.63, 3.8) is 0 Å². The molecule has 3 aromatic carbocycles. The van der Waals surface area contributed by atoms with Crippen molar-refractivity contribution in [2.24, 2.45) is 0 Å². The van der Waals surface area contributed by atoms with Crippen molar-refractivity contribution in [2.75, 3.05) is 0 Å². The van der Waals surface area contributed by atoms with Gasteiger partial charge in [0.25, 0.3) is 8.32 Å². The van der Waals surface area contributed by atoms with Gasteiger partial charge in [0.2, 0.25) is 0 Å². The first-order valence-corrected chi connectivity index (χ1v) is 11.8. The van der Waals surface area contributed by atoms with Crippen molar-refractivity contribution >= 4 is 50.6 Å². The first-order chi connectivity index (χ1) is 11.6. The van der Waals surface area contributed by atoms with Gasteiger partial charge in [0.05, 0.1) is 6.61 Å². The fourth-order valence-electron chi connectivity index (χ4n) is 2.77. The van der Waals surface area contributed by atoms with Crippen LogP contribution in [-0.2, 0) is 11.0 Å². The van der Waals surface area contributed by atoms with Crippen LogP contribution in [0.25, 0.3) is 0 Å². The van der Waals surface area contributed by atoms with E-state index in [-0.39, 0.29) is 0 Å². The molecule has 0 saturated carbocycles. The van der Waals surface area contributed by atoms with E-state index in [2.05, 4.69) is 111 Å². The zero-order valence-electron chi connectivity index (χ0n) is 13.4. The van der Waals surface area contributed by atoms with Gasteiger partial charge in [0.15, 0.2) is 0 Å². The Labute approximate surface area is 161 Å². The molecule has 0 spiro atoms. The predicted octanol–water partition coefficient (Wildman–Crippen LogP) is 5.12. The standard InChI is InChI=1S/C20H18Br2OSi/c1-24(19-8-4-2-5-9-19,20-10-6-3-7-11-20)23-15-16-12-17(21)14-18(22)13-16/h2-14H,15H2,1H3. The highest BCUT2D eigenvalue weighted by atomic mass is 79.9. The number of hydrogen-bond donors (Lipinski definition) is 0. The van der Waals surface area contributed by atoms with E-state index < -0.39 is 8.32 Å². The second-order valence-electron chi connectivity index (χ2n) is 5.83. The van der Waals surface area contributed by atoms with E-state index in [1.807, 2.05) is 6.07 Å². The van der Waals surface area contributed by atoms with Gasteiger partial charge in [-0.05, 0) is 40.7 Å². The van der Waals surface area contributed by atoms with Gasteiger partial charge in [-0.1, -0.05) is 92.5 Å². The number of benzene rings is 3. The summed E-state index contributed by atoms with van der Waals surface area (Å²) in [7, 11) is -2.25. The fraction of sp³-hybridized carbons (Fsp3) is 0.100. The minimum Gasteiger partial charge on any atom is -0.404 e. The molecule has 3 aromatic rings. The van der Waals surface area contributed by atoms with Gasteiger partial charge in [-0.2, -0.15) is 0 Å². The summed E-state index contributed by atoms with van der Waals surface area (Å²) in [5.74, 6) is 0. The third kappa shape index (κ3) is 4.06. The molecule has 0 aliphatic carbocycles. The smallest absolute Gasteiger partial charge is 0.253 e. The fourth-order valence-corrected chi connectivity index (χ4v) is 6.94. The topological polar surface area (TPSA) is 9.23 Å². The van der Waals surface area contributed by atoms with Gasteiger partial charge < -0.3 is 4.43 Å². The third-order valence-electron chi connectivity index (χ3n) is 4.10. The molecule has 0 atom stereocenters. The lowest BCUT2D eigenvalue weighted by molar-refractivity contribution is 0.307. The molecule has 0 bridgehead atoms. The molecular weight excluding hydrogens is 444 g/mol. The van der Waals surface area contributed by atoms with Crippen LogP contribution in [0.3, 0.4) is 0 Å². The molecule has 0 amide bonds. The van der Waals surface area contributed by atoms with Gasteiger partial charge in [-0.15, -0.1) is 0 Å². The molecule has 122 valence electrons. The van der Waals surface area contributed by atoms with Gasteiger partial charge in [0.1, 0.15) is 0 Å². The Kier molecular flexibility index (Phi) is 5.71. The highest BCUT2D eigenvalue weighted by Gasteiger charge is 2.33. The van der Waals surface area contributed by atoms with E-state index in [4.69, 9.17) is 4.43 Å². The molecule has 0 unspecified atom stereocenters. The Balaban J connectivity index is 1.94. The Morgan fingerprint density at radius 1 is 0.750 bits per heavy atom. The summed E-state index contributed by atoms with van der Waals surface area (Å²) in [6.45, 7) is 2.86. The Hall–Kier alpha value is -1.20. The molecule has 0 N–H and O–H groups in total. The lowest BCUT2D eigenvalue weighted by Gasteiger charge is -2.28. The molecular formula is C20H18Br2OSi. The molecule has 0 aliphatic rings. The van der Waals surface area contributed by atoms with E-state index in [9.17, 15) is 0 Å². The van der Waals surface area contributed by atoms with E-state index >= 15 is 0 Å². The summed E-state index contributed by atoms with van der Waals surface area (Å²) in [5.41, 5.74) is 1.15. The first-order valence-electron chi connectivity index (χ1n) is 7.78. The molecule has 4 heteroatoms. The average molecular weight is 462 g/mol. The molecule has 24 heavy (non-hydrogen) atoms. The summed E-state index contributed by atoms with van der Waals surface area (Å²) in [6.07, 6.45) is 0. The second kappa shape index (κ2) is 7.79. The van der Waals surface area contributed by atoms with Gasteiger partial charge in [-0.25, -0.2) is 0 Å². The maximum absolute atomic E-state index is 6.59. The van der Waals surface area contributed by atoms with Gasteiger partial charge >= 0.3 is 0 Å². The molecule has 0 radical (unpaired) electrons. The quantitative estimate of drug-likeness (QED) is 0.479. The van der Waals surface area contributed by atoms with Crippen molar-refractivity contribution in [1.29, 1.82) is 0 Å². The van der Waals surface area contributed by atoms with Crippen LogP contribution in [0.15, 0.2) is 87.8 Å². The SMILES string of the molecule is C[Si](OCc1cc(Br)cc(Br)c1)(c1ccccc1)c1ccccc1. The van der Waals surface area contributed by atoms with Crippen LogP contribution in [-0.4, -0.2) is 8.32 Å². The van der Waals surface area contributed by atoms with Gasteiger partial charge in [0, 0.05) is 8.95 Å². The zero-order chi connectivity index (χ0) is 17.0. The molecule has 0 saturated heterocycles. The normalized spacial score (nSPS) is 11.5. The van der Waals surface area contributed by atoms with Crippen molar-refractivity contribution < 1.29 is 4.43 Å². The second-order valence-corrected chi connectivity index (χ2v) is 11.2. The van der Waals surface area contributed by atoms with Crippen molar-refractivity contribution in [2.45, 2.75) is 13.2 Å². The third-order valence-corrected chi connectivity index (χ3v) is 8.61. The Morgan fingerprint density at radius 3 is 1.67 bits per heavy atom. The number of rotatable bonds is 5. The molecule has 0 heterocycles. The monoisotopic (exact) mass is 460 g/mol. The maximum atomic E-state index is 6.59.